The third-order valence-corrected chi connectivity index (χ3v) is 3.41. The number of hydrogen-bond acceptors (Lipinski definition) is 2. The van der Waals surface area contributed by atoms with Gasteiger partial charge in [0, 0.05) is 24.2 Å². The van der Waals surface area contributed by atoms with E-state index < -0.39 is 0 Å². The Hall–Kier alpha value is -1.02. The molecular formula is C14H22N2. The number of hydrogen-bond donors (Lipinski definition) is 1. The van der Waals surface area contributed by atoms with Crippen LogP contribution in [-0.2, 0) is 12.0 Å². The summed E-state index contributed by atoms with van der Waals surface area (Å²) in [5, 5.41) is 0. The Kier molecular flexibility index (Phi) is 2.94. The van der Waals surface area contributed by atoms with Gasteiger partial charge in [0.1, 0.15) is 0 Å². The highest BCUT2D eigenvalue weighted by atomic mass is 15.1. The molecule has 0 radical (unpaired) electrons. The summed E-state index contributed by atoms with van der Waals surface area (Å²) in [6.45, 7) is 10.3. The summed E-state index contributed by atoms with van der Waals surface area (Å²) in [5.74, 6) is 0. The summed E-state index contributed by atoms with van der Waals surface area (Å²) < 4.78 is 0. The van der Waals surface area contributed by atoms with Gasteiger partial charge in [-0.2, -0.15) is 0 Å². The molecule has 0 saturated heterocycles. The Morgan fingerprint density at radius 3 is 2.81 bits per heavy atom. The van der Waals surface area contributed by atoms with E-state index in [1.54, 1.807) is 0 Å². The minimum Gasteiger partial charge on any atom is -0.399 e. The largest absolute Gasteiger partial charge is 0.399 e. The number of anilines is 1. The van der Waals surface area contributed by atoms with Gasteiger partial charge in [0.05, 0.1) is 0 Å². The maximum absolute atomic E-state index is 5.87. The van der Waals surface area contributed by atoms with E-state index >= 15 is 0 Å². The second-order valence-corrected chi connectivity index (χ2v) is 5.51. The SMILES string of the molecule is CCCN1Cc2cc(N)ccc2C(C)(C)C1. The summed E-state index contributed by atoms with van der Waals surface area (Å²) in [4.78, 5) is 2.53. The lowest BCUT2D eigenvalue weighted by molar-refractivity contribution is 0.194. The molecule has 2 nitrogen and oxygen atoms in total. The first-order valence-electron chi connectivity index (χ1n) is 6.14. The van der Waals surface area contributed by atoms with E-state index in [9.17, 15) is 0 Å². The Labute approximate surface area is 98.4 Å². The van der Waals surface area contributed by atoms with Crippen molar-refractivity contribution in [2.75, 3.05) is 18.8 Å². The molecule has 1 heterocycles. The molecule has 88 valence electrons. The van der Waals surface area contributed by atoms with Gasteiger partial charge in [-0.05, 0) is 36.2 Å². The van der Waals surface area contributed by atoms with Crippen LogP contribution >= 0.6 is 0 Å². The molecule has 1 aliphatic heterocycles. The normalized spacial score (nSPS) is 19.4. The zero-order valence-corrected chi connectivity index (χ0v) is 10.6. The van der Waals surface area contributed by atoms with Crippen LogP contribution in [0.25, 0.3) is 0 Å². The van der Waals surface area contributed by atoms with Crippen molar-refractivity contribution < 1.29 is 0 Å². The number of nitrogens with zero attached hydrogens (tertiary/aromatic N) is 1. The maximum Gasteiger partial charge on any atom is 0.0317 e. The number of nitrogen functional groups attached to an aromatic ring is 1. The molecule has 0 fully saturated rings. The molecule has 0 atom stereocenters. The molecule has 0 spiro atoms. The second-order valence-electron chi connectivity index (χ2n) is 5.51. The number of rotatable bonds is 2. The van der Waals surface area contributed by atoms with Crippen molar-refractivity contribution in [1.82, 2.24) is 4.90 Å². The molecule has 0 bridgehead atoms. The average Bonchev–Trinajstić information content (AvgIpc) is 2.15. The number of benzene rings is 1. The lowest BCUT2D eigenvalue weighted by Crippen LogP contribution is -2.42. The maximum atomic E-state index is 5.87. The van der Waals surface area contributed by atoms with Crippen LogP contribution in [0.5, 0.6) is 0 Å². The first-order valence-corrected chi connectivity index (χ1v) is 6.14. The van der Waals surface area contributed by atoms with Crippen LogP contribution in [0.1, 0.15) is 38.3 Å². The fraction of sp³-hybridized carbons (Fsp3) is 0.571. The fourth-order valence-corrected chi connectivity index (χ4v) is 2.82. The second kappa shape index (κ2) is 4.10. The zero-order chi connectivity index (χ0) is 11.8. The molecule has 1 aromatic rings. The standard InChI is InChI=1S/C14H22N2/c1-4-7-16-9-11-8-12(15)5-6-13(11)14(2,3)10-16/h5-6,8H,4,7,9-10,15H2,1-3H3. The molecule has 0 amide bonds. The van der Waals surface area contributed by atoms with E-state index in [1.807, 2.05) is 6.07 Å². The van der Waals surface area contributed by atoms with Crippen LogP contribution in [0.15, 0.2) is 18.2 Å². The fourth-order valence-electron chi connectivity index (χ4n) is 2.82. The molecular weight excluding hydrogens is 196 g/mol. The Bertz CT molecular complexity index is 382. The molecule has 16 heavy (non-hydrogen) atoms. The van der Waals surface area contributed by atoms with Crippen LogP contribution in [-0.4, -0.2) is 18.0 Å². The van der Waals surface area contributed by atoms with Crippen LogP contribution < -0.4 is 5.73 Å². The van der Waals surface area contributed by atoms with Crippen LogP contribution in [0.4, 0.5) is 5.69 Å². The van der Waals surface area contributed by atoms with Crippen molar-refractivity contribution in [3.8, 4) is 0 Å². The highest BCUT2D eigenvalue weighted by Crippen LogP contribution is 2.34. The highest BCUT2D eigenvalue weighted by Gasteiger charge is 2.30. The summed E-state index contributed by atoms with van der Waals surface area (Å²) in [5.41, 5.74) is 9.87. The van der Waals surface area contributed by atoms with E-state index in [1.165, 1.54) is 24.1 Å². The predicted octanol–water partition coefficient (Wildman–Crippen LogP) is 2.77. The van der Waals surface area contributed by atoms with Gasteiger partial charge in [-0.3, -0.25) is 4.90 Å². The summed E-state index contributed by atoms with van der Waals surface area (Å²) in [7, 11) is 0. The van der Waals surface area contributed by atoms with E-state index in [4.69, 9.17) is 5.73 Å². The molecule has 1 aliphatic rings. The highest BCUT2D eigenvalue weighted by molar-refractivity contribution is 5.48. The number of nitrogens with two attached hydrogens (primary N) is 1. The number of fused-ring (bicyclic) bond motifs is 1. The molecule has 0 saturated carbocycles. The third kappa shape index (κ3) is 2.07. The first kappa shape index (κ1) is 11.5. The Morgan fingerprint density at radius 1 is 1.38 bits per heavy atom. The van der Waals surface area contributed by atoms with Gasteiger partial charge in [-0.1, -0.05) is 26.8 Å². The van der Waals surface area contributed by atoms with Crippen molar-refractivity contribution in [1.29, 1.82) is 0 Å². The minimum absolute atomic E-state index is 0.246. The summed E-state index contributed by atoms with van der Waals surface area (Å²) >= 11 is 0. The van der Waals surface area contributed by atoms with Crippen LogP contribution in [0.3, 0.4) is 0 Å². The van der Waals surface area contributed by atoms with Gasteiger partial charge in [0.25, 0.3) is 0 Å². The van der Waals surface area contributed by atoms with Gasteiger partial charge < -0.3 is 5.73 Å². The average molecular weight is 218 g/mol. The van der Waals surface area contributed by atoms with E-state index in [0.717, 1.165) is 18.8 Å². The third-order valence-electron chi connectivity index (χ3n) is 3.41. The Balaban J connectivity index is 2.35. The molecule has 2 heteroatoms. The minimum atomic E-state index is 0.246. The van der Waals surface area contributed by atoms with Crippen molar-refractivity contribution >= 4 is 5.69 Å². The molecule has 0 unspecified atom stereocenters. The summed E-state index contributed by atoms with van der Waals surface area (Å²) in [6.07, 6.45) is 1.22. The molecule has 0 aliphatic carbocycles. The van der Waals surface area contributed by atoms with Gasteiger partial charge in [0.2, 0.25) is 0 Å². The van der Waals surface area contributed by atoms with Crippen molar-refractivity contribution in [3.05, 3.63) is 29.3 Å². The lowest BCUT2D eigenvalue weighted by atomic mass is 9.78. The van der Waals surface area contributed by atoms with Crippen molar-refractivity contribution in [2.24, 2.45) is 0 Å². The summed E-state index contributed by atoms with van der Waals surface area (Å²) in [6, 6.07) is 6.36. The van der Waals surface area contributed by atoms with Gasteiger partial charge in [-0.25, -0.2) is 0 Å². The van der Waals surface area contributed by atoms with E-state index in [-0.39, 0.29) is 5.41 Å². The quantitative estimate of drug-likeness (QED) is 0.773. The molecule has 1 aromatic carbocycles. The molecule has 0 aromatic heterocycles. The molecule has 2 rings (SSSR count). The van der Waals surface area contributed by atoms with Gasteiger partial charge in [-0.15, -0.1) is 0 Å². The lowest BCUT2D eigenvalue weighted by Gasteiger charge is -2.40. The topological polar surface area (TPSA) is 29.3 Å². The Morgan fingerprint density at radius 2 is 2.12 bits per heavy atom. The molecule has 2 N–H and O–H groups in total. The van der Waals surface area contributed by atoms with Gasteiger partial charge in [0.15, 0.2) is 0 Å². The van der Waals surface area contributed by atoms with Crippen molar-refractivity contribution in [2.45, 2.75) is 39.2 Å². The van der Waals surface area contributed by atoms with Crippen LogP contribution in [0, 0.1) is 0 Å². The zero-order valence-electron chi connectivity index (χ0n) is 10.6. The van der Waals surface area contributed by atoms with E-state index in [0.29, 0.717) is 0 Å². The van der Waals surface area contributed by atoms with Gasteiger partial charge >= 0.3 is 0 Å². The first-order chi connectivity index (χ1) is 7.53. The predicted molar refractivity (Wildman–Crippen MR) is 69.4 cm³/mol. The van der Waals surface area contributed by atoms with E-state index in [2.05, 4.69) is 37.8 Å². The van der Waals surface area contributed by atoms with Crippen molar-refractivity contribution in [3.63, 3.8) is 0 Å². The van der Waals surface area contributed by atoms with Crippen LogP contribution in [0.2, 0.25) is 0 Å². The smallest absolute Gasteiger partial charge is 0.0317 e. The monoisotopic (exact) mass is 218 g/mol.